The second kappa shape index (κ2) is 8.01. The number of nitrogens with zero attached hydrogens (tertiary/aromatic N) is 1. The summed E-state index contributed by atoms with van der Waals surface area (Å²) in [7, 11) is 1.77. The Morgan fingerprint density at radius 2 is 2.06 bits per heavy atom. The van der Waals surface area contributed by atoms with Crippen LogP contribution in [0, 0.1) is 0 Å². The highest BCUT2D eigenvalue weighted by atomic mass is 32.2. The first kappa shape index (κ1) is 13.9. The SMILES string of the molecule is CSCCCN(C)C(=O)OCc1ccccc1. The van der Waals surface area contributed by atoms with Crippen LogP contribution in [-0.2, 0) is 11.3 Å². The molecule has 0 N–H and O–H groups in total. The Labute approximate surface area is 107 Å². The van der Waals surface area contributed by atoms with Crippen molar-refractivity contribution in [1.29, 1.82) is 0 Å². The molecule has 1 amide bonds. The van der Waals surface area contributed by atoms with Gasteiger partial charge in [-0.05, 0) is 24.0 Å². The molecule has 17 heavy (non-hydrogen) atoms. The van der Waals surface area contributed by atoms with E-state index in [-0.39, 0.29) is 6.09 Å². The van der Waals surface area contributed by atoms with Gasteiger partial charge in [0.2, 0.25) is 0 Å². The summed E-state index contributed by atoms with van der Waals surface area (Å²) in [5.41, 5.74) is 1.01. The van der Waals surface area contributed by atoms with Gasteiger partial charge in [-0.15, -0.1) is 0 Å². The van der Waals surface area contributed by atoms with Crippen LogP contribution in [-0.4, -0.2) is 36.6 Å². The van der Waals surface area contributed by atoms with Gasteiger partial charge in [-0.2, -0.15) is 11.8 Å². The fraction of sp³-hybridized carbons (Fsp3) is 0.462. The number of hydrogen-bond acceptors (Lipinski definition) is 3. The number of benzene rings is 1. The summed E-state index contributed by atoms with van der Waals surface area (Å²) in [6.45, 7) is 1.08. The lowest BCUT2D eigenvalue weighted by molar-refractivity contribution is 0.105. The number of ether oxygens (including phenoxy) is 1. The third-order valence-corrected chi connectivity index (χ3v) is 3.06. The topological polar surface area (TPSA) is 29.5 Å². The number of hydrogen-bond donors (Lipinski definition) is 0. The molecule has 3 nitrogen and oxygen atoms in total. The maximum absolute atomic E-state index is 11.6. The molecule has 0 saturated carbocycles. The summed E-state index contributed by atoms with van der Waals surface area (Å²) in [5, 5.41) is 0. The number of carbonyl (C=O) groups excluding carboxylic acids is 1. The van der Waals surface area contributed by atoms with Crippen LogP contribution in [0.15, 0.2) is 30.3 Å². The smallest absolute Gasteiger partial charge is 0.409 e. The molecule has 0 bridgehead atoms. The summed E-state index contributed by atoms with van der Waals surface area (Å²) in [6.07, 6.45) is 2.81. The van der Waals surface area contributed by atoms with Crippen molar-refractivity contribution >= 4 is 17.9 Å². The van der Waals surface area contributed by atoms with E-state index in [2.05, 4.69) is 6.26 Å². The van der Waals surface area contributed by atoms with E-state index in [1.165, 1.54) is 0 Å². The van der Waals surface area contributed by atoms with Gasteiger partial charge in [0, 0.05) is 13.6 Å². The molecule has 1 aromatic rings. The average Bonchev–Trinajstić information content (AvgIpc) is 2.37. The van der Waals surface area contributed by atoms with E-state index in [9.17, 15) is 4.79 Å². The van der Waals surface area contributed by atoms with Gasteiger partial charge in [-0.3, -0.25) is 0 Å². The Morgan fingerprint density at radius 1 is 1.35 bits per heavy atom. The lowest BCUT2D eigenvalue weighted by Crippen LogP contribution is -2.28. The van der Waals surface area contributed by atoms with E-state index < -0.39 is 0 Å². The Kier molecular flexibility index (Phi) is 6.55. The van der Waals surface area contributed by atoms with E-state index in [1.807, 2.05) is 30.3 Å². The molecule has 0 unspecified atom stereocenters. The molecular formula is C13H19NO2S. The van der Waals surface area contributed by atoms with Gasteiger partial charge < -0.3 is 9.64 Å². The van der Waals surface area contributed by atoms with Crippen LogP contribution in [0.2, 0.25) is 0 Å². The minimum absolute atomic E-state index is 0.255. The number of thioether (sulfide) groups is 1. The van der Waals surface area contributed by atoms with Crippen molar-refractivity contribution < 1.29 is 9.53 Å². The second-order valence-electron chi connectivity index (χ2n) is 3.81. The van der Waals surface area contributed by atoms with Gasteiger partial charge >= 0.3 is 6.09 Å². The van der Waals surface area contributed by atoms with E-state index in [4.69, 9.17) is 4.74 Å². The normalized spacial score (nSPS) is 10.0. The summed E-state index contributed by atoms with van der Waals surface area (Å²) >= 11 is 1.79. The predicted molar refractivity (Wildman–Crippen MR) is 72.3 cm³/mol. The zero-order valence-corrected chi connectivity index (χ0v) is 11.2. The van der Waals surface area contributed by atoms with E-state index in [0.29, 0.717) is 6.61 Å². The predicted octanol–water partition coefficient (Wildman–Crippen LogP) is 3.01. The van der Waals surface area contributed by atoms with E-state index in [0.717, 1.165) is 24.3 Å². The quantitative estimate of drug-likeness (QED) is 0.730. The standard InChI is InChI=1S/C13H19NO2S/c1-14(9-6-10-17-2)13(15)16-11-12-7-4-3-5-8-12/h3-5,7-8H,6,9-11H2,1-2H3. The molecule has 0 aliphatic carbocycles. The van der Waals surface area contributed by atoms with Crippen LogP contribution in [0.25, 0.3) is 0 Å². The van der Waals surface area contributed by atoms with Gasteiger partial charge in [-0.1, -0.05) is 30.3 Å². The third-order valence-electron chi connectivity index (χ3n) is 2.36. The molecule has 0 aromatic heterocycles. The van der Waals surface area contributed by atoms with Gasteiger partial charge in [0.05, 0.1) is 0 Å². The van der Waals surface area contributed by atoms with Crippen molar-refractivity contribution in [1.82, 2.24) is 4.90 Å². The molecule has 0 spiro atoms. The van der Waals surface area contributed by atoms with E-state index >= 15 is 0 Å². The van der Waals surface area contributed by atoms with Crippen LogP contribution < -0.4 is 0 Å². The summed E-state index contributed by atoms with van der Waals surface area (Å²) in [5.74, 6) is 1.07. The molecule has 1 rings (SSSR count). The number of amides is 1. The first-order chi connectivity index (χ1) is 8.24. The van der Waals surface area contributed by atoms with Crippen molar-refractivity contribution in [3.8, 4) is 0 Å². The second-order valence-corrected chi connectivity index (χ2v) is 4.79. The van der Waals surface area contributed by atoms with Gasteiger partial charge in [0.25, 0.3) is 0 Å². The molecule has 0 aliphatic rings. The molecule has 0 atom stereocenters. The molecule has 0 aliphatic heterocycles. The lowest BCUT2D eigenvalue weighted by atomic mass is 10.2. The molecule has 0 heterocycles. The largest absolute Gasteiger partial charge is 0.445 e. The van der Waals surface area contributed by atoms with Crippen molar-refractivity contribution in [2.24, 2.45) is 0 Å². The van der Waals surface area contributed by atoms with Crippen LogP contribution in [0.5, 0.6) is 0 Å². The molecule has 94 valence electrons. The minimum atomic E-state index is -0.255. The van der Waals surface area contributed by atoms with Crippen LogP contribution in [0.1, 0.15) is 12.0 Å². The maximum Gasteiger partial charge on any atom is 0.409 e. The molecule has 0 radical (unpaired) electrons. The minimum Gasteiger partial charge on any atom is -0.445 e. The highest BCUT2D eigenvalue weighted by molar-refractivity contribution is 7.98. The Bertz CT molecular complexity index is 329. The maximum atomic E-state index is 11.6. The van der Waals surface area contributed by atoms with Crippen LogP contribution in [0.3, 0.4) is 0 Å². The van der Waals surface area contributed by atoms with Crippen molar-refractivity contribution in [2.75, 3.05) is 25.6 Å². The van der Waals surface area contributed by atoms with Crippen LogP contribution in [0.4, 0.5) is 4.79 Å². The van der Waals surface area contributed by atoms with Crippen molar-refractivity contribution in [3.05, 3.63) is 35.9 Å². The molecular weight excluding hydrogens is 234 g/mol. The monoisotopic (exact) mass is 253 g/mol. The zero-order chi connectivity index (χ0) is 12.5. The Hall–Kier alpha value is -1.16. The number of carbonyl (C=O) groups is 1. The fourth-order valence-corrected chi connectivity index (χ4v) is 1.78. The zero-order valence-electron chi connectivity index (χ0n) is 10.4. The first-order valence-electron chi connectivity index (χ1n) is 5.65. The summed E-state index contributed by atoms with van der Waals surface area (Å²) < 4.78 is 5.20. The fourth-order valence-electron chi connectivity index (χ4n) is 1.37. The van der Waals surface area contributed by atoms with Gasteiger partial charge in [0.15, 0.2) is 0 Å². The highest BCUT2D eigenvalue weighted by Gasteiger charge is 2.09. The Balaban J connectivity index is 2.24. The molecule has 0 saturated heterocycles. The third kappa shape index (κ3) is 5.63. The average molecular weight is 253 g/mol. The molecule has 4 heteroatoms. The van der Waals surface area contributed by atoms with Crippen molar-refractivity contribution in [2.45, 2.75) is 13.0 Å². The highest BCUT2D eigenvalue weighted by Crippen LogP contribution is 2.03. The number of rotatable bonds is 6. The van der Waals surface area contributed by atoms with Gasteiger partial charge in [-0.25, -0.2) is 4.79 Å². The Morgan fingerprint density at radius 3 is 2.71 bits per heavy atom. The van der Waals surface area contributed by atoms with Gasteiger partial charge in [0.1, 0.15) is 6.61 Å². The summed E-state index contributed by atoms with van der Waals surface area (Å²) in [4.78, 5) is 13.2. The van der Waals surface area contributed by atoms with Crippen LogP contribution >= 0.6 is 11.8 Å². The summed E-state index contributed by atoms with van der Waals surface area (Å²) in [6, 6.07) is 9.71. The van der Waals surface area contributed by atoms with E-state index in [1.54, 1.807) is 23.7 Å². The first-order valence-corrected chi connectivity index (χ1v) is 7.04. The molecule has 0 fully saturated rings. The molecule has 1 aromatic carbocycles. The van der Waals surface area contributed by atoms with Crippen molar-refractivity contribution in [3.63, 3.8) is 0 Å². The lowest BCUT2D eigenvalue weighted by Gasteiger charge is -2.16.